The summed E-state index contributed by atoms with van der Waals surface area (Å²) in [6, 6.07) is 11.7. The average Bonchev–Trinajstić information content (AvgIpc) is 2.48. The van der Waals surface area contributed by atoms with E-state index in [1.54, 1.807) is 12.1 Å². The van der Waals surface area contributed by atoms with Crippen LogP contribution in [0.15, 0.2) is 36.4 Å². The highest BCUT2D eigenvalue weighted by molar-refractivity contribution is 6.30. The van der Waals surface area contributed by atoms with Gasteiger partial charge in [0.2, 0.25) is 0 Å². The van der Waals surface area contributed by atoms with Crippen molar-refractivity contribution >= 4 is 11.6 Å². The van der Waals surface area contributed by atoms with E-state index < -0.39 is 0 Å². The van der Waals surface area contributed by atoms with E-state index in [2.05, 4.69) is 30.4 Å². The molecule has 3 nitrogen and oxygen atoms in total. The summed E-state index contributed by atoms with van der Waals surface area (Å²) in [6.07, 6.45) is 0.950. The maximum Gasteiger partial charge on any atom is 0.162 e. The number of phenols is 1. The molecule has 2 N–H and O–H groups in total. The number of hydrogen-bond donors (Lipinski definition) is 2. The lowest BCUT2D eigenvalue weighted by atomic mass is 10.1. The zero-order valence-corrected chi connectivity index (χ0v) is 13.1. The molecule has 2 aromatic carbocycles. The fourth-order valence-electron chi connectivity index (χ4n) is 2.26. The van der Waals surface area contributed by atoms with Crippen LogP contribution in [0.1, 0.15) is 16.7 Å². The number of rotatable bonds is 6. The van der Waals surface area contributed by atoms with E-state index in [1.807, 2.05) is 6.07 Å². The Balaban J connectivity index is 1.92. The number of aryl methyl sites for hydroxylation is 1. The smallest absolute Gasteiger partial charge is 0.162 e. The van der Waals surface area contributed by atoms with Crippen LogP contribution in [0.4, 0.5) is 0 Å². The third-order valence-electron chi connectivity index (χ3n) is 3.49. The monoisotopic (exact) mass is 305 g/mol. The first-order valence-corrected chi connectivity index (χ1v) is 7.30. The predicted molar refractivity (Wildman–Crippen MR) is 86.3 cm³/mol. The highest BCUT2D eigenvalue weighted by Gasteiger charge is 2.09. The van der Waals surface area contributed by atoms with Crippen LogP contribution in [0.25, 0.3) is 0 Å². The first-order valence-electron chi connectivity index (χ1n) is 6.92. The zero-order valence-electron chi connectivity index (χ0n) is 12.3. The Morgan fingerprint density at radius 1 is 1.19 bits per heavy atom. The van der Waals surface area contributed by atoms with E-state index in [9.17, 15) is 5.11 Å². The molecular formula is C17H20ClNO2. The predicted octanol–water partition coefficient (Wildman–Crippen LogP) is 3.69. The van der Waals surface area contributed by atoms with Crippen molar-refractivity contribution < 1.29 is 9.84 Å². The summed E-state index contributed by atoms with van der Waals surface area (Å²) in [5, 5.41) is 13.9. The van der Waals surface area contributed by atoms with Gasteiger partial charge in [0, 0.05) is 23.2 Å². The third-order valence-corrected chi connectivity index (χ3v) is 3.70. The van der Waals surface area contributed by atoms with Gasteiger partial charge in [0.25, 0.3) is 0 Å². The van der Waals surface area contributed by atoms with Gasteiger partial charge in [0.1, 0.15) is 0 Å². The number of hydrogen-bond acceptors (Lipinski definition) is 3. The number of nitrogens with one attached hydrogen (secondary N) is 1. The van der Waals surface area contributed by atoms with E-state index in [1.165, 1.54) is 18.2 Å². The highest BCUT2D eigenvalue weighted by Crippen LogP contribution is 2.33. The van der Waals surface area contributed by atoms with Crippen LogP contribution in [0, 0.1) is 6.92 Å². The summed E-state index contributed by atoms with van der Waals surface area (Å²) in [6.45, 7) is 3.50. The molecule has 2 aromatic rings. The number of methoxy groups -OCH3 is 1. The second kappa shape index (κ2) is 7.34. The molecule has 0 aromatic heterocycles. The van der Waals surface area contributed by atoms with Crippen LogP contribution >= 0.6 is 11.6 Å². The van der Waals surface area contributed by atoms with Crippen LogP contribution in [0.3, 0.4) is 0 Å². The van der Waals surface area contributed by atoms with Gasteiger partial charge in [-0.2, -0.15) is 0 Å². The van der Waals surface area contributed by atoms with E-state index in [0.29, 0.717) is 17.3 Å². The van der Waals surface area contributed by atoms with Crippen molar-refractivity contribution in [3.63, 3.8) is 0 Å². The van der Waals surface area contributed by atoms with Crippen LogP contribution in [-0.4, -0.2) is 18.8 Å². The molecule has 0 amide bonds. The van der Waals surface area contributed by atoms with Gasteiger partial charge in [-0.05, 0) is 37.1 Å². The lowest BCUT2D eigenvalue weighted by Crippen LogP contribution is -2.17. The second-order valence-corrected chi connectivity index (χ2v) is 5.41. The Bertz CT molecular complexity index is 614. The molecule has 0 spiro atoms. The minimum absolute atomic E-state index is 0.144. The number of benzene rings is 2. The normalized spacial score (nSPS) is 10.6. The molecule has 21 heavy (non-hydrogen) atoms. The third kappa shape index (κ3) is 4.13. The van der Waals surface area contributed by atoms with Gasteiger partial charge in [-0.15, -0.1) is 0 Å². The molecule has 0 aliphatic rings. The Hall–Kier alpha value is -1.71. The molecule has 0 saturated carbocycles. The molecular weight excluding hydrogens is 286 g/mol. The highest BCUT2D eigenvalue weighted by atomic mass is 35.5. The summed E-state index contributed by atoms with van der Waals surface area (Å²) in [7, 11) is 1.51. The van der Waals surface area contributed by atoms with Gasteiger partial charge in [-0.25, -0.2) is 0 Å². The number of ether oxygens (including phenoxy) is 1. The Morgan fingerprint density at radius 2 is 1.95 bits per heavy atom. The van der Waals surface area contributed by atoms with Crippen molar-refractivity contribution in [2.24, 2.45) is 0 Å². The number of phenolic OH excluding ortho intramolecular Hbond substituents is 1. The van der Waals surface area contributed by atoms with Crippen molar-refractivity contribution in [1.82, 2.24) is 5.32 Å². The summed E-state index contributed by atoms with van der Waals surface area (Å²) >= 11 is 6.01. The summed E-state index contributed by atoms with van der Waals surface area (Å²) in [5.74, 6) is 0.545. The van der Waals surface area contributed by atoms with E-state index in [4.69, 9.17) is 16.3 Å². The lowest BCUT2D eigenvalue weighted by Gasteiger charge is -2.11. The fourth-order valence-corrected chi connectivity index (χ4v) is 2.49. The molecule has 0 heterocycles. The Morgan fingerprint density at radius 3 is 2.67 bits per heavy atom. The SMILES string of the molecule is COc1cc(Cl)cc(CNCCc2ccccc2C)c1O. The molecule has 112 valence electrons. The lowest BCUT2D eigenvalue weighted by molar-refractivity contribution is 0.369. The van der Waals surface area contributed by atoms with Gasteiger partial charge in [-0.3, -0.25) is 0 Å². The van der Waals surface area contributed by atoms with Crippen LogP contribution < -0.4 is 10.1 Å². The van der Waals surface area contributed by atoms with Crippen molar-refractivity contribution in [2.45, 2.75) is 19.9 Å². The van der Waals surface area contributed by atoms with Gasteiger partial charge in [-0.1, -0.05) is 35.9 Å². The minimum atomic E-state index is 0.144. The van der Waals surface area contributed by atoms with Crippen molar-refractivity contribution in [2.75, 3.05) is 13.7 Å². The largest absolute Gasteiger partial charge is 0.504 e. The topological polar surface area (TPSA) is 41.5 Å². The standard InChI is InChI=1S/C17H20ClNO2/c1-12-5-3-4-6-13(12)7-8-19-11-14-9-15(18)10-16(21-2)17(14)20/h3-6,9-10,19-20H,7-8,11H2,1-2H3. The van der Waals surface area contributed by atoms with Crippen molar-refractivity contribution in [3.05, 3.63) is 58.1 Å². The maximum atomic E-state index is 10.1. The first-order chi connectivity index (χ1) is 10.1. The van der Waals surface area contributed by atoms with Gasteiger partial charge in [0.15, 0.2) is 11.5 Å². The van der Waals surface area contributed by atoms with E-state index in [0.717, 1.165) is 18.5 Å². The van der Waals surface area contributed by atoms with Crippen molar-refractivity contribution in [3.8, 4) is 11.5 Å². The molecule has 0 atom stereocenters. The molecule has 0 aliphatic carbocycles. The molecule has 0 radical (unpaired) electrons. The maximum absolute atomic E-state index is 10.1. The van der Waals surface area contributed by atoms with E-state index >= 15 is 0 Å². The minimum Gasteiger partial charge on any atom is -0.504 e. The molecule has 2 rings (SSSR count). The molecule has 0 unspecified atom stereocenters. The first kappa shape index (κ1) is 15.7. The molecule has 4 heteroatoms. The van der Waals surface area contributed by atoms with E-state index in [-0.39, 0.29) is 5.75 Å². The Labute approximate surface area is 130 Å². The molecule has 0 aliphatic heterocycles. The fraction of sp³-hybridized carbons (Fsp3) is 0.294. The summed E-state index contributed by atoms with van der Waals surface area (Å²) in [5.41, 5.74) is 3.37. The van der Waals surface area contributed by atoms with Crippen LogP contribution in [0.5, 0.6) is 11.5 Å². The quantitative estimate of drug-likeness (QED) is 0.800. The number of aromatic hydroxyl groups is 1. The number of halogens is 1. The molecule has 0 saturated heterocycles. The molecule has 0 bridgehead atoms. The second-order valence-electron chi connectivity index (χ2n) is 4.97. The zero-order chi connectivity index (χ0) is 15.2. The Kier molecular flexibility index (Phi) is 5.48. The molecule has 0 fully saturated rings. The van der Waals surface area contributed by atoms with Crippen LogP contribution in [-0.2, 0) is 13.0 Å². The summed E-state index contributed by atoms with van der Waals surface area (Å²) < 4.78 is 5.10. The van der Waals surface area contributed by atoms with Gasteiger partial charge >= 0.3 is 0 Å². The summed E-state index contributed by atoms with van der Waals surface area (Å²) in [4.78, 5) is 0. The van der Waals surface area contributed by atoms with Crippen molar-refractivity contribution in [1.29, 1.82) is 0 Å². The van der Waals surface area contributed by atoms with Gasteiger partial charge in [0.05, 0.1) is 7.11 Å². The van der Waals surface area contributed by atoms with Gasteiger partial charge < -0.3 is 15.2 Å². The van der Waals surface area contributed by atoms with Crippen LogP contribution in [0.2, 0.25) is 5.02 Å². The average molecular weight is 306 g/mol.